The Morgan fingerprint density at radius 3 is 2.65 bits per heavy atom. The minimum atomic E-state index is -4.29. The van der Waals surface area contributed by atoms with Crippen LogP contribution in [0.2, 0.25) is 5.15 Å². The molecule has 0 saturated carbocycles. The fourth-order valence-corrected chi connectivity index (χ4v) is 1.21. The van der Waals surface area contributed by atoms with Crippen LogP contribution in [0, 0.1) is 10.1 Å². The summed E-state index contributed by atoms with van der Waals surface area (Å²) < 4.78 is 35.6. The molecular weight excluding hydrogens is 263 g/mol. The van der Waals surface area contributed by atoms with Gasteiger partial charge in [-0.05, 0) is 0 Å². The van der Waals surface area contributed by atoms with Crippen LogP contribution in [0.4, 0.5) is 24.7 Å². The maximum atomic E-state index is 11.9. The highest BCUT2D eigenvalue weighted by Crippen LogP contribution is 2.22. The van der Waals surface area contributed by atoms with E-state index >= 15 is 0 Å². The van der Waals surface area contributed by atoms with Gasteiger partial charge in [0.1, 0.15) is 11.0 Å². The molecule has 0 radical (unpaired) electrons. The molecule has 0 atom stereocenters. The summed E-state index contributed by atoms with van der Waals surface area (Å²) in [6.07, 6.45) is -5.35. The Labute approximate surface area is 98.7 Å². The second-order valence-electron chi connectivity index (χ2n) is 3.08. The Hall–Kier alpha value is -1.57. The summed E-state index contributed by atoms with van der Waals surface area (Å²) in [5.41, 5.74) is -0.334. The highest BCUT2D eigenvalue weighted by atomic mass is 35.5. The number of nitro groups is 1. The molecule has 0 aliphatic rings. The lowest BCUT2D eigenvalue weighted by Gasteiger charge is -2.08. The number of halogens is 4. The smallest absolute Gasteiger partial charge is 0.369 e. The number of rotatable bonds is 4. The van der Waals surface area contributed by atoms with Gasteiger partial charge in [0.25, 0.3) is 5.69 Å². The van der Waals surface area contributed by atoms with Gasteiger partial charge in [-0.1, -0.05) is 11.6 Å². The van der Waals surface area contributed by atoms with Gasteiger partial charge in [-0.3, -0.25) is 10.1 Å². The van der Waals surface area contributed by atoms with E-state index in [2.05, 4.69) is 10.3 Å². The van der Waals surface area contributed by atoms with Crippen molar-refractivity contribution in [2.24, 2.45) is 0 Å². The van der Waals surface area contributed by atoms with E-state index in [-0.39, 0.29) is 16.7 Å². The van der Waals surface area contributed by atoms with Crippen LogP contribution in [0.15, 0.2) is 12.1 Å². The lowest BCUT2D eigenvalue weighted by Crippen LogP contribution is -2.15. The zero-order valence-electron chi connectivity index (χ0n) is 8.29. The molecule has 0 saturated heterocycles. The second kappa shape index (κ2) is 5.17. The largest absolute Gasteiger partial charge is 0.390 e. The monoisotopic (exact) mass is 269 g/mol. The van der Waals surface area contributed by atoms with Crippen molar-refractivity contribution in [1.82, 2.24) is 4.98 Å². The molecule has 0 bridgehead atoms. The number of hydrogen-bond donors (Lipinski definition) is 1. The third kappa shape index (κ3) is 4.85. The minimum absolute atomic E-state index is 0.0616. The quantitative estimate of drug-likeness (QED) is 0.518. The first-order valence-corrected chi connectivity index (χ1v) is 4.78. The van der Waals surface area contributed by atoms with Gasteiger partial charge in [-0.15, -0.1) is 0 Å². The number of anilines is 1. The number of pyridine rings is 1. The minimum Gasteiger partial charge on any atom is -0.369 e. The normalized spacial score (nSPS) is 11.3. The van der Waals surface area contributed by atoms with Gasteiger partial charge < -0.3 is 5.32 Å². The van der Waals surface area contributed by atoms with Crippen molar-refractivity contribution in [3.05, 3.63) is 27.4 Å². The summed E-state index contributed by atoms with van der Waals surface area (Å²) in [5, 5.41) is 12.6. The molecule has 1 aromatic rings. The zero-order chi connectivity index (χ0) is 13.1. The summed E-state index contributed by atoms with van der Waals surface area (Å²) in [7, 11) is 0. The summed E-state index contributed by atoms with van der Waals surface area (Å²) in [6, 6.07) is 2.03. The second-order valence-corrected chi connectivity index (χ2v) is 3.47. The van der Waals surface area contributed by atoms with Gasteiger partial charge in [0, 0.05) is 6.54 Å². The molecule has 0 aromatic carbocycles. The zero-order valence-corrected chi connectivity index (χ0v) is 9.05. The highest BCUT2D eigenvalue weighted by Gasteiger charge is 2.26. The molecule has 0 aliphatic heterocycles. The van der Waals surface area contributed by atoms with E-state index in [4.69, 9.17) is 11.6 Å². The van der Waals surface area contributed by atoms with Crippen molar-refractivity contribution in [3.63, 3.8) is 0 Å². The van der Waals surface area contributed by atoms with E-state index < -0.39 is 24.1 Å². The molecule has 9 heteroatoms. The van der Waals surface area contributed by atoms with Crippen LogP contribution in [0.3, 0.4) is 0 Å². The number of hydrogen-bond acceptors (Lipinski definition) is 4. The Morgan fingerprint density at radius 2 is 2.12 bits per heavy atom. The predicted octanol–water partition coefficient (Wildman–Crippen LogP) is 3.01. The Balaban J connectivity index is 2.68. The van der Waals surface area contributed by atoms with Crippen molar-refractivity contribution >= 4 is 23.1 Å². The maximum Gasteiger partial charge on any atom is 0.390 e. The molecule has 0 unspecified atom stereocenters. The molecule has 1 heterocycles. The SMILES string of the molecule is O=[N+]([O-])c1cc(Cl)nc(NCCC(F)(F)F)c1. The summed E-state index contributed by atoms with van der Waals surface area (Å²) in [4.78, 5) is 13.4. The van der Waals surface area contributed by atoms with E-state index in [0.717, 1.165) is 12.1 Å². The molecule has 1 rings (SSSR count). The van der Waals surface area contributed by atoms with E-state index in [9.17, 15) is 23.3 Å². The van der Waals surface area contributed by atoms with Gasteiger partial charge in [0.2, 0.25) is 0 Å². The van der Waals surface area contributed by atoms with Crippen molar-refractivity contribution in [2.45, 2.75) is 12.6 Å². The van der Waals surface area contributed by atoms with E-state index in [0.29, 0.717) is 0 Å². The van der Waals surface area contributed by atoms with E-state index in [1.165, 1.54) is 0 Å². The average molecular weight is 270 g/mol. The molecule has 17 heavy (non-hydrogen) atoms. The Bertz CT molecular complexity index is 425. The van der Waals surface area contributed by atoms with Crippen LogP contribution in [-0.4, -0.2) is 22.6 Å². The molecule has 5 nitrogen and oxygen atoms in total. The van der Waals surface area contributed by atoms with Gasteiger partial charge >= 0.3 is 6.18 Å². The lowest BCUT2D eigenvalue weighted by molar-refractivity contribution is -0.384. The fraction of sp³-hybridized carbons (Fsp3) is 0.375. The van der Waals surface area contributed by atoms with Crippen molar-refractivity contribution in [2.75, 3.05) is 11.9 Å². The molecule has 94 valence electrons. The first kappa shape index (κ1) is 13.5. The third-order valence-electron chi connectivity index (χ3n) is 1.70. The number of aromatic nitrogens is 1. The first-order valence-electron chi connectivity index (χ1n) is 4.40. The van der Waals surface area contributed by atoms with Gasteiger partial charge in [0.05, 0.1) is 23.5 Å². The molecule has 1 aromatic heterocycles. The lowest BCUT2D eigenvalue weighted by atomic mass is 10.3. The first-order chi connectivity index (χ1) is 7.78. The molecule has 0 fully saturated rings. The molecule has 0 amide bonds. The summed E-state index contributed by atoms with van der Waals surface area (Å²) in [5.74, 6) is -0.0616. The van der Waals surface area contributed by atoms with Crippen LogP contribution < -0.4 is 5.32 Å². The topological polar surface area (TPSA) is 68.1 Å². The Kier molecular flexibility index (Phi) is 4.11. The fourth-order valence-electron chi connectivity index (χ4n) is 1.01. The Morgan fingerprint density at radius 1 is 1.47 bits per heavy atom. The average Bonchev–Trinajstić information content (AvgIpc) is 2.14. The number of nitrogens with one attached hydrogen (secondary N) is 1. The van der Waals surface area contributed by atoms with Gasteiger partial charge in [-0.2, -0.15) is 13.2 Å². The molecule has 0 spiro atoms. The predicted molar refractivity (Wildman–Crippen MR) is 55.1 cm³/mol. The molecule has 0 aliphatic carbocycles. The number of alkyl halides is 3. The van der Waals surface area contributed by atoms with Crippen molar-refractivity contribution < 1.29 is 18.1 Å². The number of nitrogens with zero attached hydrogens (tertiary/aromatic N) is 2. The van der Waals surface area contributed by atoms with E-state index in [1.54, 1.807) is 0 Å². The van der Waals surface area contributed by atoms with Gasteiger partial charge in [0.15, 0.2) is 0 Å². The van der Waals surface area contributed by atoms with Crippen molar-refractivity contribution in [1.29, 1.82) is 0 Å². The van der Waals surface area contributed by atoms with Gasteiger partial charge in [-0.25, -0.2) is 4.98 Å². The summed E-state index contributed by atoms with van der Waals surface area (Å²) >= 11 is 5.49. The standard InChI is InChI=1S/C8H7ClF3N3O2/c9-6-3-5(15(16)17)4-7(14-6)13-2-1-8(10,11)12/h3-4H,1-2H2,(H,13,14). The van der Waals surface area contributed by atoms with Crippen LogP contribution >= 0.6 is 11.6 Å². The van der Waals surface area contributed by atoms with Crippen LogP contribution in [0.25, 0.3) is 0 Å². The van der Waals surface area contributed by atoms with Crippen molar-refractivity contribution in [3.8, 4) is 0 Å². The van der Waals surface area contributed by atoms with E-state index in [1.807, 2.05) is 0 Å². The third-order valence-corrected chi connectivity index (χ3v) is 1.90. The molecular formula is C8H7ClF3N3O2. The van der Waals surface area contributed by atoms with Crippen LogP contribution in [-0.2, 0) is 0 Å². The maximum absolute atomic E-state index is 11.9. The summed E-state index contributed by atoms with van der Waals surface area (Å²) in [6.45, 7) is -0.423. The molecule has 1 N–H and O–H groups in total. The highest BCUT2D eigenvalue weighted by molar-refractivity contribution is 6.29. The van der Waals surface area contributed by atoms with Crippen LogP contribution in [0.1, 0.15) is 6.42 Å². The van der Waals surface area contributed by atoms with Crippen LogP contribution in [0.5, 0.6) is 0 Å².